The van der Waals surface area contributed by atoms with Gasteiger partial charge in [-0.3, -0.25) is 0 Å². The van der Waals surface area contributed by atoms with Gasteiger partial charge in [0.25, 0.3) is 0 Å². The fourth-order valence-electron chi connectivity index (χ4n) is 2.25. The Balaban J connectivity index is 2.08. The zero-order valence-electron chi connectivity index (χ0n) is 11.3. The number of carbonyl (C=O) groups excluding carboxylic acids is 1. The highest BCUT2D eigenvalue weighted by atomic mass is 19.1. The summed E-state index contributed by atoms with van der Waals surface area (Å²) < 4.78 is 18.4. The summed E-state index contributed by atoms with van der Waals surface area (Å²) in [5.41, 5.74) is 0.733. The van der Waals surface area contributed by atoms with E-state index in [-0.39, 0.29) is 11.9 Å². The molecule has 19 heavy (non-hydrogen) atoms. The number of halogens is 1. The van der Waals surface area contributed by atoms with E-state index in [0.29, 0.717) is 11.3 Å². The van der Waals surface area contributed by atoms with Gasteiger partial charge in [0.2, 0.25) is 0 Å². The third-order valence-corrected chi connectivity index (χ3v) is 3.47. The van der Waals surface area contributed by atoms with Crippen molar-refractivity contribution in [3.05, 3.63) is 29.6 Å². The molecule has 1 aromatic rings. The summed E-state index contributed by atoms with van der Waals surface area (Å²) in [6.07, 6.45) is 1.94. The Morgan fingerprint density at radius 1 is 1.42 bits per heavy atom. The number of hydrogen-bond acceptors (Lipinski definition) is 4. The molecule has 1 N–H and O–H groups in total. The molecule has 2 rings (SSSR count). The van der Waals surface area contributed by atoms with Gasteiger partial charge in [0.05, 0.1) is 18.4 Å². The highest BCUT2D eigenvalue weighted by Crippen LogP contribution is 2.21. The molecule has 1 aromatic carbocycles. The normalized spacial score (nSPS) is 17.2. The largest absolute Gasteiger partial charge is 0.465 e. The first-order valence-electron chi connectivity index (χ1n) is 6.43. The number of nitrogens with zero attached hydrogens (tertiary/aromatic N) is 1. The van der Waals surface area contributed by atoms with Gasteiger partial charge in [-0.2, -0.15) is 0 Å². The van der Waals surface area contributed by atoms with Crippen molar-refractivity contribution >= 4 is 11.7 Å². The first-order chi connectivity index (χ1) is 9.10. The van der Waals surface area contributed by atoms with Crippen LogP contribution >= 0.6 is 0 Å². The minimum Gasteiger partial charge on any atom is -0.465 e. The van der Waals surface area contributed by atoms with Crippen molar-refractivity contribution in [3.8, 4) is 0 Å². The Morgan fingerprint density at radius 3 is 2.74 bits per heavy atom. The standard InChI is InChI=1S/C14H19FN2O2/c1-17-7-5-11(6-8-17)16-13-9-10(14(18)19-2)3-4-12(13)15/h3-4,9,11,16H,5-8H2,1-2H3. The van der Waals surface area contributed by atoms with Gasteiger partial charge in [0.1, 0.15) is 5.82 Å². The number of nitrogens with one attached hydrogen (secondary N) is 1. The predicted octanol–water partition coefficient (Wildman–Crippen LogP) is 2.12. The number of ether oxygens (including phenoxy) is 1. The molecule has 0 spiro atoms. The SMILES string of the molecule is COC(=O)c1ccc(F)c(NC2CCN(C)CC2)c1. The van der Waals surface area contributed by atoms with E-state index in [1.807, 2.05) is 0 Å². The van der Waals surface area contributed by atoms with Crippen LogP contribution in [0, 0.1) is 5.82 Å². The second-order valence-corrected chi connectivity index (χ2v) is 4.91. The molecule has 0 aliphatic carbocycles. The topological polar surface area (TPSA) is 41.6 Å². The zero-order chi connectivity index (χ0) is 13.8. The predicted molar refractivity (Wildman–Crippen MR) is 71.9 cm³/mol. The molecule has 0 amide bonds. The van der Waals surface area contributed by atoms with Gasteiger partial charge in [0, 0.05) is 6.04 Å². The van der Waals surface area contributed by atoms with E-state index in [0.717, 1.165) is 25.9 Å². The Labute approximate surface area is 112 Å². The fourth-order valence-corrected chi connectivity index (χ4v) is 2.25. The second kappa shape index (κ2) is 6.02. The number of methoxy groups -OCH3 is 1. The van der Waals surface area contributed by atoms with Crippen LogP contribution in [-0.4, -0.2) is 44.2 Å². The van der Waals surface area contributed by atoms with Crippen LogP contribution in [0.5, 0.6) is 0 Å². The fraction of sp³-hybridized carbons (Fsp3) is 0.500. The summed E-state index contributed by atoms with van der Waals surface area (Å²) in [5, 5.41) is 3.18. The molecule has 0 bridgehead atoms. The molecule has 1 saturated heterocycles. The molecule has 104 valence electrons. The van der Waals surface area contributed by atoms with Crippen molar-refractivity contribution in [2.45, 2.75) is 18.9 Å². The van der Waals surface area contributed by atoms with E-state index in [1.54, 1.807) is 0 Å². The van der Waals surface area contributed by atoms with Gasteiger partial charge in [-0.05, 0) is 51.2 Å². The monoisotopic (exact) mass is 266 g/mol. The zero-order valence-corrected chi connectivity index (χ0v) is 11.3. The lowest BCUT2D eigenvalue weighted by Gasteiger charge is -2.30. The van der Waals surface area contributed by atoms with Crippen LogP contribution in [0.1, 0.15) is 23.2 Å². The maximum Gasteiger partial charge on any atom is 0.337 e. The summed E-state index contributed by atoms with van der Waals surface area (Å²) in [6.45, 7) is 1.99. The molecule has 5 heteroatoms. The van der Waals surface area contributed by atoms with Gasteiger partial charge in [-0.25, -0.2) is 9.18 Å². The smallest absolute Gasteiger partial charge is 0.337 e. The molecule has 0 radical (unpaired) electrons. The van der Waals surface area contributed by atoms with Crippen molar-refractivity contribution in [2.24, 2.45) is 0 Å². The lowest BCUT2D eigenvalue weighted by Crippen LogP contribution is -2.36. The summed E-state index contributed by atoms with van der Waals surface area (Å²) in [6, 6.07) is 4.49. The Bertz CT molecular complexity index is 457. The highest BCUT2D eigenvalue weighted by Gasteiger charge is 2.18. The maximum atomic E-state index is 13.7. The second-order valence-electron chi connectivity index (χ2n) is 4.91. The number of rotatable bonds is 3. The summed E-state index contributed by atoms with van der Waals surface area (Å²) in [4.78, 5) is 13.7. The van der Waals surface area contributed by atoms with Crippen LogP contribution < -0.4 is 5.32 Å². The average molecular weight is 266 g/mol. The van der Waals surface area contributed by atoms with Crippen molar-refractivity contribution in [1.82, 2.24) is 4.90 Å². The van der Waals surface area contributed by atoms with Crippen LogP contribution in [0.3, 0.4) is 0 Å². The van der Waals surface area contributed by atoms with Gasteiger partial charge in [-0.15, -0.1) is 0 Å². The first kappa shape index (κ1) is 13.8. The molecule has 4 nitrogen and oxygen atoms in total. The molecule has 0 aromatic heterocycles. The van der Waals surface area contributed by atoms with Crippen molar-refractivity contribution in [3.63, 3.8) is 0 Å². The number of hydrogen-bond donors (Lipinski definition) is 1. The van der Waals surface area contributed by atoms with Gasteiger partial charge in [0.15, 0.2) is 0 Å². The molecular weight excluding hydrogens is 247 g/mol. The highest BCUT2D eigenvalue weighted by molar-refractivity contribution is 5.90. The molecule has 1 fully saturated rings. The van der Waals surface area contributed by atoms with Crippen LogP contribution in [0.2, 0.25) is 0 Å². The van der Waals surface area contributed by atoms with E-state index in [1.165, 1.54) is 25.3 Å². The molecular formula is C14H19FN2O2. The Morgan fingerprint density at radius 2 is 2.11 bits per heavy atom. The molecule has 1 aliphatic rings. The number of likely N-dealkylation sites (tertiary alicyclic amines) is 1. The maximum absolute atomic E-state index is 13.7. The average Bonchev–Trinajstić information content (AvgIpc) is 2.43. The van der Waals surface area contributed by atoms with Crippen LogP contribution in [-0.2, 0) is 4.74 Å². The van der Waals surface area contributed by atoms with Crippen molar-refractivity contribution in [2.75, 3.05) is 32.6 Å². The lowest BCUT2D eigenvalue weighted by molar-refractivity contribution is 0.0600. The van der Waals surface area contributed by atoms with Gasteiger partial charge >= 0.3 is 5.97 Å². The number of anilines is 1. The van der Waals surface area contributed by atoms with Crippen molar-refractivity contribution < 1.29 is 13.9 Å². The quantitative estimate of drug-likeness (QED) is 0.851. The molecule has 0 atom stereocenters. The minimum absolute atomic E-state index is 0.249. The van der Waals surface area contributed by atoms with Crippen LogP contribution in [0.4, 0.5) is 10.1 Å². The molecule has 1 heterocycles. The lowest BCUT2D eigenvalue weighted by atomic mass is 10.0. The number of benzene rings is 1. The summed E-state index contributed by atoms with van der Waals surface area (Å²) in [7, 11) is 3.39. The van der Waals surface area contributed by atoms with Gasteiger partial charge < -0.3 is 15.0 Å². The van der Waals surface area contributed by atoms with Gasteiger partial charge in [-0.1, -0.05) is 0 Å². The summed E-state index contributed by atoms with van der Waals surface area (Å²) in [5.74, 6) is -0.794. The van der Waals surface area contributed by atoms with Crippen LogP contribution in [0.15, 0.2) is 18.2 Å². The van der Waals surface area contributed by atoms with E-state index in [4.69, 9.17) is 0 Å². The van der Waals surface area contributed by atoms with E-state index in [2.05, 4.69) is 22.0 Å². The third-order valence-electron chi connectivity index (χ3n) is 3.47. The number of piperidine rings is 1. The molecule has 0 unspecified atom stereocenters. The first-order valence-corrected chi connectivity index (χ1v) is 6.43. The third kappa shape index (κ3) is 3.44. The molecule has 0 saturated carbocycles. The Kier molecular flexibility index (Phi) is 4.37. The van der Waals surface area contributed by atoms with E-state index >= 15 is 0 Å². The van der Waals surface area contributed by atoms with E-state index in [9.17, 15) is 9.18 Å². The molecule has 1 aliphatic heterocycles. The van der Waals surface area contributed by atoms with Crippen molar-refractivity contribution in [1.29, 1.82) is 0 Å². The number of carbonyl (C=O) groups is 1. The van der Waals surface area contributed by atoms with E-state index < -0.39 is 5.97 Å². The minimum atomic E-state index is -0.452. The van der Waals surface area contributed by atoms with Crippen LogP contribution in [0.25, 0.3) is 0 Å². The number of esters is 1. The Hall–Kier alpha value is -1.62. The summed E-state index contributed by atoms with van der Waals surface area (Å²) >= 11 is 0.